The van der Waals surface area contributed by atoms with E-state index < -0.39 is 0 Å². The minimum Gasteiger partial charge on any atom is -0.353 e. The van der Waals surface area contributed by atoms with E-state index in [4.69, 9.17) is 5.73 Å². The summed E-state index contributed by atoms with van der Waals surface area (Å²) in [6, 6.07) is 7.94. The van der Waals surface area contributed by atoms with Crippen LogP contribution in [0.5, 0.6) is 0 Å². The summed E-state index contributed by atoms with van der Waals surface area (Å²) in [4.78, 5) is 25.3. The maximum Gasteiger partial charge on any atom is 0.239 e. The Kier molecular flexibility index (Phi) is 6.16. The van der Waals surface area contributed by atoms with E-state index in [0.717, 1.165) is 18.4 Å². The number of nitrogens with two attached hydrogens (primary N) is 1. The van der Waals surface area contributed by atoms with Crippen LogP contribution in [-0.2, 0) is 9.59 Å². The fraction of sp³-hybridized carbons (Fsp3) is 0.556. The van der Waals surface area contributed by atoms with Crippen molar-refractivity contribution in [2.75, 3.05) is 19.6 Å². The number of likely N-dealkylation sites (tertiary alicyclic amines) is 1. The molecule has 1 aromatic rings. The SMILES string of the molecule is CC(C)c1ccc(C(N)CNC(=O)CN2CCCCC2=O)cc1. The molecule has 1 atom stereocenters. The van der Waals surface area contributed by atoms with Crippen LogP contribution < -0.4 is 11.1 Å². The Morgan fingerprint density at radius 1 is 1.22 bits per heavy atom. The summed E-state index contributed by atoms with van der Waals surface area (Å²) in [5.74, 6) is 0.413. The van der Waals surface area contributed by atoms with Crippen LogP contribution >= 0.6 is 0 Å². The zero-order valence-electron chi connectivity index (χ0n) is 14.0. The van der Waals surface area contributed by atoms with Gasteiger partial charge in [0.25, 0.3) is 0 Å². The molecular weight excluding hydrogens is 290 g/mol. The van der Waals surface area contributed by atoms with Gasteiger partial charge in [-0.25, -0.2) is 0 Å². The zero-order chi connectivity index (χ0) is 16.8. The molecule has 1 fully saturated rings. The smallest absolute Gasteiger partial charge is 0.239 e. The van der Waals surface area contributed by atoms with Crippen molar-refractivity contribution in [3.8, 4) is 0 Å². The molecule has 2 amide bonds. The van der Waals surface area contributed by atoms with E-state index >= 15 is 0 Å². The molecule has 23 heavy (non-hydrogen) atoms. The second-order valence-corrected chi connectivity index (χ2v) is 6.50. The van der Waals surface area contributed by atoms with Gasteiger partial charge in [0.05, 0.1) is 6.54 Å². The third kappa shape index (κ3) is 5.06. The van der Waals surface area contributed by atoms with Crippen molar-refractivity contribution in [3.05, 3.63) is 35.4 Å². The number of piperidine rings is 1. The van der Waals surface area contributed by atoms with Crippen LogP contribution in [0.25, 0.3) is 0 Å². The Bertz CT molecular complexity index is 540. The van der Waals surface area contributed by atoms with Gasteiger partial charge < -0.3 is 16.0 Å². The molecule has 1 aromatic carbocycles. The van der Waals surface area contributed by atoms with E-state index in [1.807, 2.05) is 12.1 Å². The lowest BCUT2D eigenvalue weighted by atomic mass is 9.99. The lowest BCUT2D eigenvalue weighted by Crippen LogP contribution is -2.44. The molecular formula is C18H27N3O2. The number of hydrogen-bond donors (Lipinski definition) is 2. The maximum atomic E-state index is 12.0. The van der Waals surface area contributed by atoms with Crippen LogP contribution in [0.2, 0.25) is 0 Å². The molecule has 0 radical (unpaired) electrons. The van der Waals surface area contributed by atoms with Gasteiger partial charge in [-0.1, -0.05) is 38.1 Å². The highest BCUT2D eigenvalue weighted by Gasteiger charge is 2.20. The van der Waals surface area contributed by atoms with Gasteiger partial charge in [-0.15, -0.1) is 0 Å². The summed E-state index contributed by atoms with van der Waals surface area (Å²) < 4.78 is 0. The first-order valence-electron chi connectivity index (χ1n) is 8.37. The predicted molar refractivity (Wildman–Crippen MR) is 90.9 cm³/mol. The van der Waals surface area contributed by atoms with Crippen LogP contribution in [-0.4, -0.2) is 36.3 Å². The first kappa shape index (κ1) is 17.5. The quantitative estimate of drug-likeness (QED) is 0.842. The molecule has 3 N–H and O–H groups in total. The highest BCUT2D eigenvalue weighted by molar-refractivity contribution is 5.85. The van der Waals surface area contributed by atoms with Crippen molar-refractivity contribution in [2.24, 2.45) is 5.73 Å². The number of nitrogens with zero attached hydrogens (tertiary/aromatic N) is 1. The Balaban J connectivity index is 1.80. The molecule has 0 spiro atoms. The van der Waals surface area contributed by atoms with Gasteiger partial charge in [0.1, 0.15) is 0 Å². The van der Waals surface area contributed by atoms with Crippen LogP contribution in [0, 0.1) is 0 Å². The molecule has 126 valence electrons. The highest BCUT2D eigenvalue weighted by Crippen LogP contribution is 2.17. The zero-order valence-corrected chi connectivity index (χ0v) is 14.0. The molecule has 0 aliphatic carbocycles. The standard InChI is InChI=1S/C18H27N3O2/c1-13(2)14-6-8-15(9-7-14)16(19)11-20-17(22)12-21-10-4-3-5-18(21)23/h6-9,13,16H,3-5,10-12,19H2,1-2H3,(H,20,22). The number of benzene rings is 1. The molecule has 1 aliphatic rings. The molecule has 5 nitrogen and oxygen atoms in total. The summed E-state index contributed by atoms with van der Waals surface area (Å²) in [5.41, 5.74) is 8.41. The monoisotopic (exact) mass is 317 g/mol. The number of carbonyl (C=O) groups is 2. The number of nitrogens with one attached hydrogen (secondary N) is 1. The minimum absolute atomic E-state index is 0.0694. The molecule has 2 rings (SSSR count). The van der Waals surface area contributed by atoms with E-state index in [1.165, 1.54) is 5.56 Å². The van der Waals surface area contributed by atoms with Gasteiger partial charge in [-0.05, 0) is 29.9 Å². The van der Waals surface area contributed by atoms with Crippen molar-refractivity contribution >= 4 is 11.8 Å². The number of rotatable bonds is 6. The van der Waals surface area contributed by atoms with Crippen LogP contribution in [0.3, 0.4) is 0 Å². The van der Waals surface area contributed by atoms with Gasteiger partial charge >= 0.3 is 0 Å². The number of hydrogen-bond acceptors (Lipinski definition) is 3. The third-order valence-electron chi connectivity index (χ3n) is 4.31. The van der Waals surface area contributed by atoms with Crippen molar-refractivity contribution in [1.82, 2.24) is 10.2 Å². The fourth-order valence-electron chi connectivity index (χ4n) is 2.73. The highest BCUT2D eigenvalue weighted by atomic mass is 16.2. The lowest BCUT2D eigenvalue weighted by Gasteiger charge is -2.26. The fourth-order valence-corrected chi connectivity index (χ4v) is 2.73. The molecule has 1 aliphatic heterocycles. The van der Waals surface area contributed by atoms with Gasteiger partial charge in [0.2, 0.25) is 11.8 Å². The van der Waals surface area contributed by atoms with Crippen molar-refractivity contribution in [3.63, 3.8) is 0 Å². The van der Waals surface area contributed by atoms with Crippen LogP contribution in [0.1, 0.15) is 56.2 Å². The molecule has 5 heteroatoms. The third-order valence-corrected chi connectivity index (χ3v) is 4.31. The van der Waals surface area contributed by atoms with Crippen molar-refractivity contribution in [2.45, 2.75) is 45.1 Å². The summed E-state index contributed by atoms with van der Waals surface area (Å²) in [6.07, 6.45) is 2.45. The Morgan fingerprint density at radius 3 is 2.48 bits per heavy atom. The molecule has 1 heterocycles. The van der Waals surface area contributed by atoms with Gasteiger partial charge in [-0.2, -0.15) is 0 Å². The van der Waals surface area contributed by atoms with Crippen LogP contribution in [0.4, 0.5) is 0 Å². The number of amides is 2. The van der Waals surface area contributed by atoms with E-state index in [2.05, 4.69) is 31.3 Å². The topological polar surface area (TPSA) is 75.4 Å². The van der Waals surface area contributed by atoms with Gasteiger partial charge in [-0.3, -0.25) is 9.59 Å². The Labute approximate surface area is 138 Å². The molecule has 1 saturated heterocycles. The van der Waals surface area contributed by atoms with E-state index in [0.29, 0.717) is 25.4 Å². The van der Waals surface area contributed by atoms with Crippen LogP contribution in [0.15, 0.2) is 24.3 Å². The van der Waals surface area contributed by atoms with Gasteiger partial charge in [0, 0.05) is 25.6 Å². The molecule has 1 unspecified atom stereocenters. The second kappa shape index (κ2) is 8.11. The molecule has 0 aromatic heterocycles. The second-order valence-electron chi connectivity index (χ2n) is 6.50. The Morgan fingerprint density at radius 2 is 1.87 bits per heavy atom. The van der Waals surface area contributed by atoms with Crippen molar-refractivity contribution < 1.29 is 9.59 Å². The normalized spacial score (nSPS) is 16.5. The average molecular weight is 317 g/mol. The lowest BCUT2D eigenvalue weighted by molar-refractivity contribution is -0.137. The summed E-state index contributed by atoms with van der Waals surface area (Å²) in [7, 11) is 0. The van der Waals surface area contributed by atoms with Gasteiger partial charge in [0.15, 0.2) is 0 Å². The van der Waals surface area contributed by atoms with E-state index in [9.17, 15) is 9.59 Å². The molecule has 0 bridgehead atoms. The first-order chi connectivity index (χ1) is 11.0. The van der Waals surface area contributed by atoms with Crippen molar-refractivity contribution in [1.29, 1.82) is 0 Å². The minimum atomic E-state index is -0.239. The van der Waals surface area contributed by atoms with E-state index in [-0.39, 0.29) is 24.4 Å². The van der Waals surface area contributed by atoms with E-state index in [1.54, 1.807) is 4.90 Å². The number of carbonyl (C=O) groups excluding carboxylic acids is 2. The Hall–Kier alpha value is -1.88. The summed E-state index contributed by atoms with van der Waals surface area (Å²) >= 11 is 0. The summed E-state index contributed by atoms with van der Waals surface area (Å²) in [5, 5.41) is 2.83. The molecule has 0 saturated carbocycles. The predicted octanol–water partition coefficient (Wildman–Crippen LogP) is 1.94. The first-order valence-corrected chi connectivity index (χ1v) is 8.37. The largest absolute Gasteiger partial charge is 0.353 e. The average Bonchev–Trinajstić information content (AvgIpc) is 2.55. The summed E-state index contributed by atoms with van der Waals surface area (Å²) in [6.45, 7) is 5.49. The maximum absolute atomic E-state index is 12.0.